The molecule has 3 N–H and O–H groups in total. The SMILES string of the molecule is Nc1ccc2nc(C(=O)O)cn2n1. The Labute approximate surface area is 72.6 Å². The minimum atomic E-state index is -1.08. The first-order valence-electron chi connectivity index (χ1n) is 3.52. The molecule has 0 aliphatic rings. The van der Waals surface area contributed by atoms with Crippen LogP contribution in [-0.4, -0.2) is 25.7 Å². The number of anilines is 1. The first-order valence-corrected chi connectivity index (χ1v) is 3.52. The van der Waals surface area contributed by atoms with Crippen LogP contribution in [0.4, 0.5) is 5.82 Å². The van der Waals surface area contributed by atoms with E-state index in [9.17, 15) is 4.79 Å². The van der Waals surface area contributed by atoms with Gasteiger partial charge < -0.3 is 10.8 Å². The Bertz CT molecular complexity index is 476. The van der Waals surface area contributed by atoms with Gasteiger partial charge in [-0.1, -0.05) is 0 Å². The number of aromatic nitrogens is 3. The highest BCUT2D eigenvalue weighted by Crippen LogP contribution is 2.05. The number of hydrogen-bond donors (Lipinski definition) is 2. The Morgan fingerprint density at radius 1 is 1.54 bits per heavy atom. The second-order valence-corrected chi connectivity index (χ2v) is 2.49. The number of carboxylic acids is 1. The van der Waals surface area contributed by atoms with Crippen LogP contribution in [0.25, 0.3) is 5.65 Å². The maximum atomic E-state index is 10.5. The van der Waals surface area contributed by atoms with Crippen molar-refractivity contribution in [3.63, 3.8) is 0 Å². The zero-order valence-electron chi connectivity index (χ0n) is 6.51. The average molecular weight is 178 g/mol. The van der Waals surface area contributed by atoms with Gasteiger partial charge in [-0.3, -0.25) is 0 Å². The molecule has 0 saturated carbocycles. The fourth-order valence-electron chi connectivity index (χ4n) is 1.000. The Hall–Kier alpha value is -2.11. The molecule has 0 amide bonds. The van der Waals surface area contributed by atoms with Gasteiger partial charge in [-0.25, -0.2) is 14.3 Å². The summed E-state index contributed by atoms with van der Waals surface area (Å²) >= 11 is 0. The summed E-state index contributed by atoms with van der Waals surface area (Å²) in [5.74, 6) is -0.758. The molecule has 2 heterocycles. The van der Waals surface area contributed by atoms with Crippen molar-refractivity contribution in [3.8, 4) is 0 Å². The van der Waals surface area contributed by atoms with Gasteiger partial charge in [0.1, 0.15) is 5.82 Å². The number of carboxylic acid groups (broad SMARTS) is 1. The largest absolute Gasteiger partial charge is 0.476 e. The van der Waals surface area contributed by atoms with Crippen LogP contribution in [0.5, 0.6) is 0 Å². The van der Waals surface area contributed by atoms with Crippen LogP contribution in [0.3, 0.4) is 0 Å². The molecule has 13 heavy (non-hydrogen) atoms. The Morgan fingerprint density at radius 2 is 2.31 bits per heavy atom. The van der Waals surface area contributed by atoms with E-state index in [0.717, 1.165) is 0 Å². The van der Waals surface area contributed by atoms with Crippen LogP contribution in [0.15, 0.2) is 18.3 Å². The van der Waals surface area contributed by atoms with Gasteiger partial charge in [-0.15, -0.1) is 5.10 Å². The number of fused-ring (bicyclic) bond motifs is 1. The van der Waals surface area contributed by atoms with Crippen LogP contribution >= 0.6 is 0 Å². The fraction of sp³-hybridized carbons (Fsp3) is 0. The third-order valence-electron chi connectivity index (χ3n) is 1.56. The van der Waals surface area contributed by atoms with Crippen molar-refractivity contribution in [1.29, 1.82) is 0 Å². The van der Waals surface area contributed by atoms with E-state index in [0.29, 0.717) is 11.5 Å². The highest BCUT2D eigenvalue weighted by Gasteiger charge is 2.08. The minimum Gasteiger partial charge on any atom is -0.476 e. The highest BCUT2D eigenvalue weighted by molar-refractivity contribution is 5.86. The molecule has 0 aromatic carbocycles. The molecule has 6 nitrogen and oxygen atoms in total. The maximum Gasteiger partial charge on any atom is 0.356 e. The van der Waals surface area contributed by atoms with Crippen LogP contribution in [0, 0.1) is 0 Å². The third kappa shape index (κ3) is 1.18. The second kappa shape index (κ2) is 2.44. The fourth-order valence-corrected chi connectivity index (χ4v) is 1.000. The van der Waals surface area contributed by atoms with E-state index in [4.69, 9.17) is 10.8 Å². The molecular weight excluding hydrogens is 172 g/mol. The topological polar surface area (TPSA) is 93.5 Å². The number of hydrogen-bond acceptors (Lipinski definition) is 4. The Balaban J connectivity index is 2.68. The number of carbonyl (C=O) groups is 1. The Kier molecular flexibility index (Phi) is 1.42. The van der Waals surface area contributed by atoms with Gasteiger partial charge in [0.25, 0.3) is 0 Å². The molecule has 2 rings (SSSR count). The summed E-state index contributed by atoms with van der Waals surface area (Å²) in [6, 6.07) is 3.17. The van der Waals surface area contributed by atoms with Crippen molar-refractivity contribution in [1.82, 2.24) is 14.6 Å². The predicted molar refractivity (Wildman–Crippen MR) is 44.4 cm³/mol. The van der Waals surface area contributed by atoms with Crippen LogP contribution in [0.1, 0.15) is 10.5 Å². The summed E-state index contributed by atoms with van der Waals surface area (Å²) in [6.07, 6.45) is 1.31. The summed E-state index contributed by atoms with van der Waals surface area (Å²) in [4.78, 5) is 14.3. The lowest BCUT2D eigenvalue weighted by Gasteiger charge is -1.91. The van der Waals surface area contributed by atoms with E-state index in [1.165, 1.54) is 10.7 Å². The predicted octanol–water partition coefficient (Wildman–Crippen LogP) is 0.00970. The van der Waals surface area contributed by atoms with Gasteiger partial charge in [-0.2, -0.15) is 0 Å². The zero-order valence-corrected chi connectivity index (χ0v) is 6.51. The normalized spacial score (nSPS) is 10.5. The van der Waals surface area contributed by atoms with Gasteiger partial charge in [0.2, 0.25) is 0 Å². The van der Waals surface area contributed by atoms with Crippen molar-refractivity contribution in [2.24, 2.45) is 0 Å². The van der Waals surface area contributed by atoms with Crippen molar-refractivity contribution in [3.05, 3.63) is 24.0 Å². The van der Waals surface area contributed by atoms with Crippen molar-refractivity contribution >= 4 is 17.4 Å². The first-order chi connectivity index (χ1) is 6.16. The van der Waals surface area contributed by atoms with Crippen LogP contribution in [-0.2, 0) is 0 Å². The van der Waals surface area contributed by atoms with E-state index in [2.05, 4.69) is 10.1 Å². The van der Waals surface area contributed by atoms with Gasteiger partial charge in [0, 0.05) is 0 Å². The molecule has 0 bridgehead atoms. The Morgan fingerprint density at radius 3 is 3.00 bits per heavy atom. The third-order valence-corrected chi connectivity index (χ3v) is 1.56. The van der Waals surface area contributed by atoms with E-state index in [1.807, 2.05) is 0 Å². The summed E-state index contributed by atoms with van der Waals surface area (Å²) in [5.41, 5.74) is 5.82. The van der Waals surface area contributed by atoms with Gasteiger partial charge in [-0.05, 0) is 12.1 Å². The number of nitrogens with two attached hydrogens (primary N) is 1. The van der Waals surface area contributed by atoms with Crippen molar-refractivity contribution < 1.29 is 9.90 Å². The molecule has 0 radical (unpaired) electrons. The van der Waals surface area contributed by atoms with E-state index >= 15 is 0 Å². The van der Waals surface area contributed by atoms with Gasteiger partial charge in [0.05, 0.1) is 6.20 Å². The molecule has 0 unspecified atom stereocenters. The molecule has 2 aromatic heterocycles. The highest BCUT2D eigenvalue weighted by atomic mass is 16.4. The molecule has 66 valence electrons. The van der Waals surface area contributed by atoms with Gasteiger partial charge in [0.15, 0.2) is 11.3 Å². The summed E-state index contributed by atoms with van der Waals surface area (Å²) in [7, 11) is 0. The average Bonchev–Trinajstić information content (AvgIpc) is 2.46. The van der Waals surface area contributed by atoms with E-state index in [-0.39, 0.29) is 5.69 Å². The minimum absolute atomic E-state index is 0.0434. The quantitative estimate of drug-likeness (QED) is 0.641. The molecule has 0 aliphatic carbocycles. The summed E-state index contributed by atoms with van der Waals surface area (Å²) in [6.45, 7) is 0. The smallest absolute Gasteiger partial charge is 0.356 e. The van der Waals surface area contributed by atoms with Crippen LogP contribution < -0.4 is 5.73 Å². The molecule has 0 spiro atoms. The number of imidazole rings is 1. The number of nitrogens with zero attached hydrogens (tertiary/aromatic N) is 3. The first kappa shape index (κ1) is 7.53. The molecule has 0 saturated heterocycles. The molecule has 0 atom stereocenters. The monoisotopic (exact) mass is 178 g/mol. The number of rotatable bonds is 1. The number of nitrogen functional groups attached to an aromatic ring is 1. The number of aromatic carboxylic acids is 1. The lowest BCUT2D eigenvalue weighted by atomic mass is 10.5. The maximum absolute atomic E-state index is 10.5. The zero-order chi connectivity index (χ0) is 9.42. The summed E-state index contributed by atoms with van der Waals surface area (Å²) < 4.78 is 1.33. The lowest BCUT2D eigenvalue weighted by Crippen LogP contribution is -1.96. The molecule has 0 fully saturated rings. The van der Waals surface area contributed by atoms with Gasteiger partial charge >= 0.3 is 5.97 Å². The lowest BCUT2D eigenvalue weighted by molar-refractivity contribution is 0.0691. The molecular formula is C7H6N4O2. The molecule has 0 aliphatic heterocycles. The molecule has 2 aromatic rings. The summed E-state index contributed by atoms with van der Waals surface area (Å²) in [5, 5.41) is 12.5. The van der Waals surface area contributed by atoms with E-state index < -0.39 is 5.97 Å². The van der Waals surface area contributed by atoms with Crippen LogP contribution in [0.2, 0.25) is 0 Å². The standard InChI is InChI=1S/C7H6N4O2/c8-5-1-2-6-9-4(7(12)13)3-11(6)10-5/h1-3H,(H2,8,10)(H,12,13). The van der Waals surface area contributed by atoms with E-state index in [1.54, 1.807) is 12.1 Å². The van der Waals surface area contributed by atoms with Crippen molar-refractivity contribution in [2.75, 3.05) is 5.73 Å². The van der Waals surface area contributed by atoms with Crippen molar-refractivity contribution in [2.45, 2.75) is 0 Å². The second-order valence-electron chi connectivity index (χ2n) is 2.49. The molecule has 6 heteroatoms.